The molecule has 1 amide bonds. The van der Waals surface area contributed by atoms with Crippen molar-refractivity contribution in [2.45, 2.75) is 39.3 Å². The number of carbonyl (C=O) groups excluding carboxylic acids is 1. The fourth-order valence-corrected chi connectivity index (χ4v) is 2.72. The number of alkyl halides is 4. The van der Waals surface area contributed by atoms with Gasteiger partial charge in [-0.3, -0.25) is 19.6 Å². The highest BCUT2D eigenvalue weighted by molar-refractivity contribution is 5.94. The monoisotopic (exact) mass is 432 g/mol. The molecule has 0 aliphatic heterocycles. The molecule has 30 heavy (non-hydrogen) atoms. The molecule has 0 saturated carbocycles. The van der Waals surface area contributed by atoms with Crippen LogP contribution in [0.4, 0.5) is 23.2 Å². The van der Waals surface area contributed by atoms with Gasteiger partial charge in [-0.15, -0.1) is 0 Å². The van der Waals surface area contributed by atoms with E-state index in [1.807, 2.05) is 0 Å². The number of halogens is 4. The Balaban J connectivity index is 1.90. The first kappa shape index (κ1) is 23.3. The highest BCUT2D eigenvalue weighted by Crippen LogP contribution is 2.23. The van der Waals surface area contributed by atoms with E-state index in [1.165, 1.54) is 35.9 Å². The van der Waals surface area contributed by atoms with Gasteiger partial charge in [0.15, 0.2) is 0 Å². The highest BCUT2D eigenvalue weighted by Gasteiger charge is 2.40. The highest BCUT2D eigenvalue weighted by atomic mass is 19.3. The number of nitrogens with one attached hydrogen (secondary N) is 1. The molecule has 0 saturated heterocycles. The second-order valence-corrected chi connectivity index (χ2v) is 6.51. The summed E-state index contributed by atoms with van der Waals surface area (Å²) in [6.45, 7) is 1.62. The van der Waals surface area contributed by atoms with E-state index < -0.39 is 29.8 Å². The van der Waals surface area contributed by atoms with Gasteiger partial charge in [-0.2, -0.15) is 13.9 Å². The Hall–Kier alpha value is -3.02. The topological polar surface area (TPSA) is 99.3 Å². The lowest BCUT2D eigenvalue weighted by Gasteiger charge is -2.15. The summed E-state index contributed by atoms with van der Waals surface area (Å²) in [5.74, 6) is -4.71. The summed E-state index contributed by atoms with van der Waals surface area (Å²) in [6.07, 6.45) is -3.82. The number of aromatic nitrogens is 2. The van der Waals surface area contributed by atoms with E-state index in [1.54, 1.807) is 6.92 Å². The molecule has 1 heterocycles. The number of ether oxygens (including phenoxy) is 1. The lowest BCUT2D eigenvalue weighted by molar-refractivity contribution is -0.386. The molecule has 0 spiro atoms. The number of carbonyl (C=O) groups is 1. The van der Waals surface area contributed by atoms with E-state index in [0.717, 1.165) is 0 Å². The maximum atomic E-state index is 12.9. The Morgan fingerprint density at radius 2 is 2.07 bits per heavy atom. The molecule has 0 atom stereocenters. The molecule has 1 aromatic carbocycles. The summed E-state index contributed by atoms with van der Waals surface area (Å²) in [7, 11) is 0. The molecule has 0 aliphatic carbocycles. The van der Waals surface area contributed by atoms with Crippen LogP contribution in [-0.2, 0) is 17.9 Å². The van der Waals surface area contributed by atoms with Crippen molar-refractivity contribution in [1.82, 2.24) is 15.1 Å². The summed E-state index contributed by atoms with van der Waals surface area (Å²) < 4.78 is 56.0. The minimum Gasteiger partial charge on any atom is -0.370 e. The van der Waals surface area contributed by atoms with Crippen molar-refractivity contribution in [3.8, 4) is 0 Å². The molecular formula is C18H20F4N4O4. The summed E-state index contributed by atoms with van der Waals surface area (Å²) in [6, 6.07) is 5.89. The van der Waals surface area contributed by atoms with Gasteiger partial charge in [0.2, 0.25) is 0 Å². The number of nitrogens with zero attached hydrogens (tertiary/aromatic N) is 3. The maximum Gasteiger partial charge on any atom is 0.330 e. The van der Waals surface area contributed by atoms with Crippen molar-refractivity contribution in [1.29, 1.82) is 0 Å². The number of rotatable bonds is 10. The van der Waals surface area contributed by atoms with Crippen LogP contribution in [0.1, 0.15) is 27.3 Å². The molecular weight excluding hydrogens is 412 g/mol. The molecule has 0 fully saturated rings. The van der Waals surface area contributed by atoms with Gasteiger partial charge >= 0.3 is 18.0 Å². The summed E-state index contributed by atoms with van der Waals surface area (Å²) in [4.78, 5) is 22.8. The summed E-state index contributed by atoms with van der Waals surface area (Å²) >= 11 is 0. The van der Waals surface area contributed by atoms with Crippen molar-refractivity contribution in [3.63, 3.8) is 0 Å². The molecule has 0 bridgehead atoms. The number of hydrogen-bond donors (Lipinski definition) is 1. The van der Waals surface area contributed by atoms with Gasteiger partial charge in [-0.05, 0) is 31.5 Å². The molecule has 8 nitrogen and oxygen atoms in total. The Bertz CT molecular complexity index is 918. The van der Waals surface area contributed by atoms with Crippen molar-refractivity contribution >= 4 is 11.6 Å². The van der Waals surface area contributed by atoms with Gasteiger partial charge < -0.3 is 10.1 Å². The fraction of sp³-hybridized carbons (Fsp3) is 0.444. The zero-order valence-electron chi connectivity index (χ0n) is 16.2. The molecule has 2 rings (SSSR count). The van der Waals surface area contributed by atoms with E-state index in [0.29, 0.717) is 11.3 Å². The lowest BCUT2D eigenvalue weighted by Crippen LogP contribution is -2.32. The first-order valence-corrected chi connectivity index (χ1v) is 8.82. The number of amides is 1. The van der Waals surface area contributed by atoms with Crippen molar-refractivity contribution in [2.75, 3.05) is 13.2 Å². The van der Waals surface area contributed by atoms with Gasteiger partial charge in [-0.1, -0.05) is 12.1 Å². The van der Waals surface area contributed by atoms with Crippen molar-refractivity contribution in [2.24, 2.45) is 0 Å². The Labute approximate surface area is 169 Å². The van der Waals surface area contributed by atoms with Crippen LogP contribution in [0.15, 0.2) is 24.3 Å². The minimum atomic E-state index is -4.24. The molecule has 2 aromatic rings. The zero-order chi connectivity index (χ0) is 22.5. The number of aryl methyl sites for hydroxylation is 1. The average molecular weight is 432 g/mol. The number of hydrogen-bond acceptors (Lipinski definition) is 5. The zero-order valence-corrected chi connectivity index (χ0v) is 16.2. The second-order valence-electron chi connectivity index (χ2n) is 6.51. The van der Waals surface area contributed by atoms with E-state index in [9.17, 15) is 32.5 Å². The average Bonchev–Trinajstić information content (AvgIpc) is 2.95. The largest absolute Gasteiger partial charge is 0.370 e. The Kier molecular flexibility index (Phi) is 7.48. The first-order chi connectivity index (χ1) is 14.0. The van der Waals surface area contributed by atoms with E-state index in [4.69, 9.17) is 0 Å². The van der Waals surface area contributed by atoms with Crippen LogP contribution in [-0.4, -0.2) is 46.1 Å². The standard InChI is InChI=1S/C18H20F4N4O4/c1-11-15(26(28)29)12(2)25(24-11)7-6-23-16(27)14-5-3-4-13(8-14)9-30-10-18(21,22)17(19)20/h3-5,8,17H,6-7,9-10H2,1-2H3,(H,23,27). The first-order valence-electron chi connectivity index (χ1n) is 8.82. The number of benzene rings is 1. The van der Waals surface area contributed by atoms with Gasteiger partial charge in [0, 0.05) is 12.1 Å². The predicted molar refractivity (Wildman–Crippen MR) is 97.7 cm³/mol. The third-order valence-corrected chi connectivity index (χ3v) is 4.21. The fourth-order valence-electron chi connectivity index (χ4n) is 2.72. The number of nitro groups is 1. The van der Waals surface area contributed by atoms with Crippen LogP contribution in [0.25, 0.3) is 0 Å². The minimum absolute atomic E-state index is 0.0774. The van der Waals surface area contributed by atoms with Gasteiger partial charge in [0.1, 0.15) is 18.0 Å². The maximum absolute atomic E-state index is 12.9. The normalized spacial score (nSPS) is 11.7. The summed E-state index contributed by atoms with van der Waals surface area (Å²) in [5, 5.41) is 17.7. The Morgan fingerprint density at radius 1 is 1.37 bits per heavy atom. The summed E-state index contributed by atoms with van der Waals surface area (Å²) in [5.41, 5.74) is 1.14. The lowest BCUT2D eigenvalue weighted by atomic mass is 10.1. The van der Waals surface area contributed by atoms with Crippen LogP contribution < -0.4 is 5.32 Å². The molecule has 0 aliphatic rings. The van der Waals surface area contributed by atoms with E-state index in [-0.39, 0.29) is 36.6 Å². The third-order valence-electron chi connectivity index (χ3n) is 4.21. The third kappa shape index (κ3) is 5.75. The van der Waals surface area contributed by atoms with Gasteiger partial charge in [0.05, 0.1) is 18.1 Å². The second kappa shape index (κ2) is 9.65. The van der Waals surface area contributed by atoms with E-state index >= 15 is 0 Å². The molecule has 1 N–H and O–H groups in total. The van der Waals surface area contributed by atoms with Crippen LogP contribution in [0.3, 0.4) is 0 Å². The van der Waals surface area contributed by atoms with Crippen LogP contribution in [0.5, 0.6) is 0 Å². The van der Waals surface area contributed by atoms with Gasteiger partial charge in [0.25, 0.3) is 5.91 Å². The smallest absolute Gasteiger partial charge is 0.330 e. The van der Waals surface area contributed by atoms with Crippen LogP contribution in [0.2, 0.25) is 0 Å². The predicted octanol–water partition coefficient (Wildman–Crippen LogP) is 3.26. The van der Waals surface area contributed by atoms with Crippen LogP contribution in [0, 0.1) is 24.0 Å². The molecule has 0 radical (unpaired) electrons. The molecule has 0 unspecified atom stereocenters. The van der Waals surface area contributed by atoms with Crippen LogP contribution >= 0.6 is 0 Å². The van der Waals surface area contributed by atoms with Crippen molar-refractivity contribution < 1.29 is 32.0 Å². The van der Waals surface area contributed by atoms with Crippen molar-refractivity contribution in [3.05, 3.63) is 56.9 Å². The SMILES string of the molecule is Cc1nn(CCNC(=O)c2cccc(COCC(F)(F)C(F)F)c2)c(C)c1[N+](=O)[O-]. The van der Waals surface area contributed by atoms with Gasteiger partial charge in [-0.25, -0.2) is 8.78 Å². The molecule has 164 valence electrons. The van der Waals surface area contributed by atoms with E-state index in [2.05, 4.69) is 15.2 Å². The molecule has 1 aromatic heterocycles. The quantitative estimate of drug-likeness (QED) is 0.353. The Morgan fingerprint density at radius 3 is 2.67 bits per heavy atom. The molecule has 12 heteroatoms.